The summed E-state index contributed by atoms with van der Waals surface area (Å²) >= 11 is 0. The number of fused-ring (bicyclic) bond motifs is 5. The van der Waals surface area contributed by atoms with Gasteiger partial charge in [-0.3, -0.25) is 4.79 Å². The summed E-state index contributed by atoms with van der Waals surface area (Å²) in [6.07, 6.45) is 7.65. The molecule has 0 aliphatic heterocycles. The third-order valence-corrected chi connectivity index (χ3v) is 7.81. The van der Waals surface area contributed by atoms with Crippen molar-refractivity contribution in [1.29, 1.82) is 0 Å². The number of carbonyl (C=O) groups excluding carboxylic acids is 1. The molecule has 0 aromatic carbocycles. The Morgan fingerprint density at radius 3 is 2.50 bits per heavy atom. The van der Waals surface area contributed by atoms with Crippen LogP contribution in [-0.4, -0.2) is 28.2 Å². The number of aliphatic hydroxyl groups is 2. The molecule has 3 fully saturated rings. The number of ketones is 1. The Labute approximate surface area is 132 Å². The average Bonchev–Trinajstić information content (AvgIpc) is 2.77. The first-order valence-electron chi connectivity index (χ1n) is 8.97. The van der Waals surface area contributed by atoms with Crippen LogP contribution in [0.1, 0.15) is 58.8 Å². The van der Waals surface area contributed by atoms with Crippen LogP contribution in [-0.2, 0) is 4.79 Å². The smallest absolute Gasteiger partial charge is 0.139 e. The molecule has 2 N–H and O–H groups in total. The lowest BCUT2D eigenvalue weighted by Gasteiger charge is -2.58. The molecule has 4 aliphatic rings. The quantitative estimate of drug-likeness (QED) is 0.677. The number of carbonyl (C=O) groups is 1. The maximum atomic E-state index is 12.4. The van der Waals surface area contributed by atoms with Crippen LogP contribution in [0.3, 0.4) is 0 Å². The molecular weight excluding hydrogens is 276 g/mol. The summed E-state index contributed by atoms with van der Waals surface area (Å²) in [6, 6.07) is 0. The SMILES string of the molecule is C[C@]12CCC(O)CC1=C[C@H](O)C1C2CC[C@]2(C)C(=O)CCC12. The zero-order valence-electron chi connectivity index (χ0n) is 13.7. The highest BCUT2D eigenvalue weighted by atomic mass is 16.3. The van der Waals surface area contributed by atoms with Gasteiger partial charge in [-0.2, -0.15) is 0 Å². The van der Waals surface area contributed by atoms with Crippen molar-refractivity contribution in [2.45, 2.75) is 71.0 Å². The van der Waals surface area contributed by atoms with Gasteiger partial charge >= 0.3 is 0 Å². The minimum atomic E-state index is -0.436. The summed E-state index contributed by atoms with van der Waals surface area (Å²) in [4.78, 5) is 12.4. The summed E-state index contributed by atoms with van der Waals surface area (Å²) < 4.78 is 0. The van der Waals surface area contributed by atoms with Crippen molar-refractivity contribution in [3.63, 3.8) is 0 Å². The second kappa shape index (κ2) is 4.67. The van der Waals surface area contributed by atoms with Crippen LogP contribution in [0, 0.1) is 28.6 Å². The maximum absolute atomic E-state index is 12.4. The standard InChI is InChI=1S/C19H28O3/c1-18-7-5-12(20)9-11(18)10-15(21)17-13-3-4-16(22)19(13,2)8-6-14(17)18/h10,12-15,17,20-21H,3-9H2,1-2H3/t12?,13?,14?,15-,17?,18-,19-/m0/s1. The third-order valence-electron chi connectivity index (χ3n) is 7.81. The molecule has 4 aliphatic carbocycles. The van der Waals surface area contributed by atoms with Gasteiger partial charge in [0.15, 0.2) is 0 Å². The average molecular weight is 304 g/mol. The van der Waals surface area contributed by atoms with Crippen molar-refractivity contribution >= 4 is 5.78 Å². The van der Waals surface area contributed by atoms with E-state index in [1.54, 1.807) is 0 Å². The number of rotatable bonds is 0. The molecular formula is C19H28O3. The molecule has 0 heterocycles. The van der Waals surface area contributed by atoms with Gasteiger partial charge in [-0.15, -0.1) is 0 Å². The minimum Gasteiger partial charge on any atom is -0.393 e. The van der Waals surface area contributed by atoms with Gasteiger partial charge in [-0.05, 0) is 61.7 Å². The second-order valence-electron chi connectivity index (χ2n) is 8.70. The van der Waals surface area contributed by atoms with Crippen LogP contribution >= 0.6 is 0 Å². The van der Waals surface area contributed by atoms with Crippen LogP contribution < -0.4 is 0 Å². The van der Waals surface area contributed by atoms with Crippen LogP contribution in [0.5, 0.6) is 0 Å². The molecule has 0 aromatic rings. The van der Waals surface area contributed by atoms with Gasteiger partial charge in [0.1, 0.15) is 5.78 Å². The molecule has 22 heavy (non-hydrogen) atoms. The largest absolute Gasteiger partial charge is 0.393 e. The number of aliphatic hydroxyl groups excluding tert-OH is 2. The van der Waals surface area contributed by atoms with E-state index in [9.17, 15) is 15.0 Å². The zero-order valence-corrected chi connectivity index (χ0v) is 13.7. The summed E-state index contributed by atoms with van der Waals surface area (Å²) in [5, 5.41) is 20.8. The Hall–Kier alpha value is -0.670. The Morgan fingerprint density at radius 1 is 1.05 bits per heavy atom. The molecule has 3 heteroatoms. The lowest BCUT2D eigenvalue weighted by molar-refractivity contribution is -0.135. The predicted octanol–water partition coefficient (Wildman–Crippen LogP) is 2.85. The summed E-state index contributed by atoms with van der Waals surface area (Å²) in [5.41, 5.74) is 1.20. The molecule has 0 saturated heterocycles. The Kier molecular flexibility index (Phi) is 3.16. The van der Waals surface area contributed by atoms with Crippen LogP contribution in [0.15, 0.2) is 11.6 Å². The topological polar surface area (TPSA) is 57.5 Å². The Morgan fingerprint density at radius 2 is 1.73 bits per heavy atom. The van der Waals surface area contributed by atoms with Crippen LogP contribution in [0.2, 0.25) is 0 Å². The zero-order chi connectivity index (χ0) is 15.7. The maximum Gasteiger partial charge on any atom is 0.139 e. The van der Waals surface area contributed by atoms with E-state index in [0.717, 1.165) is 38.5 Å². The first-order valence-corrected chi connectivity index (χ1v) is 8.97. The molecule has 7 atom stereocenters. The van der Waals surface area contributed by atoms with Gasteiger partial charge in [0.2, 0.25) is 0 Å². The van der Waals surface area contributed by atoms with E-state index in [1.165, 1.54) is 5.57 Å². The van der Waals surface area contributed by atoms with Crippen LogP contribution in [0.4, 0.5) is 0 Å². The molecule has 4 rings (SSSR count). The van der Waals surface area contributed by atoms with Gasteiger partial charge < -0.3 is 10.2 Å². The highest BCUT2D eigenvalue weighted by Gasteiger charge is 2.60. The van der Waals surface area contributed by atoms with Crippen molar-refractivity contribution in [1.82, 2.24) is 0 Å². The van der Waals surface area contributed by atoms with Gasteiger partial charge in [0, 0.05) is 11.8 Å². The highest BCUT2D eigenvalue weighted by Crippen LogP contribution is 2.63. The second-order valence-corrected chi connectivity index (χ2v) is 8.70. The van der Waals surface area contributed by atoms with Gasteiger partial charge in [-0.25, -0.2) is 0 Å². The number of Topliss-reactive ketones (excluding diaryl/α,β-unsaturated/α-hetero) is 1. The van der Waals surface area contributed by atoms with Gasteiger partial charge in [0.05, 0.1) is 12.2 Å². The van der Waals surface area contributed by atoms with Gasteiger partial charge in [0.25, 0.3) is 0 Å². The summed E-state index contributed by atoms with van der Waals surface area (Å²) in [7, 11) is 0. The van der Waals surface area contributed by atoms with E-state index < -0.39 is 6.10 Å². The first-order chi connectivity index (χ1) is 10.4. The molecule has 0 spiro atoms. The molecule has 0 amide bonds. The van der Waals surface area contributed by atoms with Crippen molar-refractivity contribution in [2.75, 3.05) is 0 Å². The summed E-state index contributed by atoms with van der Waals surface area (Å²) in [6.45, 7) is 4.48. The first kappa shape index (κ1) is 14.9. The molecule has 3 saturated carbocycles. The lowest BCUT2D eigenvalue weighted by atomic mass is 9.47. The Bertz CT molecular complexity index is 539. The lowest BCUT2D eigenvalue weighted by Crippen LogP contribution is -2.54. The molecule has 4 unspecified atom stereocenters. The number of hydrogen-bond acceptors (Lipinski definition) is 3. The van der Waals surface area contributed by atoms with E-state index in [-0.39, 0.29) is 22.9 Å². The summed E-state index contributed by atoms with van der Waals surface area (Å²) in [5.74, 6) is 1.46. The minimum absolute atomic E-state index is 0.121. The molecule has 122 valence electrons. The van der Waals surface area contributed by atoms with E-state index >= 15 is 0 Å². The molecule has 0 radical (unpaired) electrons. The van der Waals surface area contributed by atoms with E-state index in [2.05, 4.69) is 13.8 Å². The fourth-order valence-electron chi connectivity index (χ4n) is 6.40. The monoisotopic (exact) mass is 304 g/mol. The van der Waals surface area contributed by atoms with E-state index in [1.807, 2.05) is 6.08 Å². The number of hydrogen-bond donors (Lipinski definition) is 2. The normalized spacial score (nSPS) is 54.3. The van der Waals surface area contributed by atoms with E-state index in [0.29, 0.717) is 24.0 Å². The van der Waals surface area contributed by atoms with Crippen molar-refractivity contribution in [2.24, 2.45) is 28.6 Å². The molecule has 0 aromatic heterocycles. The van der Waals surface area contributed by atoms with Crippen molar-refractivity contribution in [3.8, 4) is 0 Å². The van der Waals surface area contributed by atoms with Gasteiger partial charge in [-0.1, -0.05) is 25.5 Å². The van der Waals surface area contributed by atoms with Crippen LogP contribution in [0.25, 0.3) is 0 Å². The fraction of sp³-hybridized carbons (Fsp3) is 0.842. The molecule has 0 bridgehead atoms. The Balaban J connectivity index is 1.75. The van der Waals surface area contributed by atoms with Crippen molar-refractivity contribution < 1.29 is 15.0 Å². The van der Waals surface area contributed by atoms with Crippen molar-refractivity contribution in [3.05, 3.63) is 11.6 Å². The third kappa shape index (κ3) is 1.78. The van der Waals surface area contributed by atoms with E-state index in [4.69, 9.17) is 0 Å². The fourth-order valence-corrected chi connectivity index (χ4v) is 6.40. The highest BCUT2D eigenvalue weighted by molar-refractivity contribution is 5.87. The predicted molar refractivity (Wildman–Crippen MR) is 84.1 cm³/mol. The molecule has 3 nitrogen and oxygen atoms in total.